The number of anilines is 2. The van der Waals surface area contributed by atoms with Gasteiger partial charge in [-0.15, -0.1) is 5.10 Å². The summed E-state index contributed by atoms with van der Waals surface area (Å²) in [5, 5.41) is 12.9. The van der Waals surface area contributed by atoms with Gasteiger partial charge in [0.1, 0.15) is 5.82 Å². The lowest BCUT2D eigenvalue weighted by atomic mass is 10.0. The summed E-state index contributed by atoms with van der Waals surface area (Å²) in [5.41, 5.74) is 3.14. The van der Waals surface area contributed by atoms with Crippen LogP contribution in [0.1, 0.15) is 48.2 Å². The highest BCUT2D eigenvalue weighted by Crippen LogP contribution is 2.25. The summed E-state index contributed by atoms with van der Waals surface area (Å²) in [6.07, 6.45) is 2.23. The summed E-state index contributed by atoms with van der Waals surface area (Å²) >= 11 is 0. The van der Waals surface area contributed by atoms with Gasteiger partial charge in [-0.2, -0.15) is 0 Å². The molecular weight excluding hydrogens is 266 g/mol. The highest BCUT2D eigenvalue weighted by molar-refractivity contribution is 6.01. The van der Waals surface area contributed by atoms with Crippen molar-refractivity contribution in [3.63, 3.8) is 0 Å². The Morgan fingerprint density at radius 2 is 2.24 bits per heavy atom. The molecule has 21 heavy (non-hydrogen) atoms. The van der Waals surface area contributed by atoms with E-state index in [4.69, 9.17) is 0 Å². The molecule has 2 heterocycles. The van der Waals surface area contributed by atoms with Crippen LogP contribution in [0.25, 0.3) is 0 Å². The summed E-state index contributed by atoms with van der Waals surface area (Å²) in [4.78, 5) is 16.3. The molecule has 0 spiro atoms. The first-order chi connectivity index (χ1) is 10.1. The first-order valence-electron chi connectivity index (χ1n) is 7.24. The lowest BCUT2D eigenvalue weighted by Gasteiger charge is -2.18. The third-order valence-electron chi connectivity index (χ3n) is 3.56. The van der Waals surface area contributed by atoms with E-state index in [9.17, 15) is 4.79 Å². The molecule has 2 aromatic rings. The number of hydrogen-bond donors (Lipinski definition) is 3. The number of aromatic amines is 1. The first kappa shape index (κ1) is 13.6. The van der Waals surface area contributed by atoms with Gasteiger partial charge in [0.15, 0.2) is 0 Å². The number of aryl methyl sites for hydroxylation is 1. The zero-order valence-corrected chi connectivity index (χ0v) is 12.2. The molecule has 0 aliphatic carbocycles. The van der Waals surface area contributed by atoms with Gasteiger partial charge in [0.2, 0.25) is 5.82 Å². The van der Waals surface area contributed by atoms with Crippen LogP contribution in [0.3, 0.4) is 0 Å². The smallest absolute Gasteiger partial charge is 0.295 e. The number of amides is 1. The molecular formula is C15H19N5O. The Balaban J connectivity index is 1.74. The minimum Gasteiger partial charge on any atom is -0.385 e. The number of hydrogen-bond acceptors (Lipinski definition) is 4. The van der Waals surface area contributed by atoms with Gasteiger partial charge >= 0.3 is 0 Å². The van der Waals surface area contributed by atoms with E-state index in [0.717, 1.165) is 30.8 Å². The van der Waals surface area contributed by atoms with Crippen molar-refractivity contribution in [3.8, 4) is 0 Å². The molecule has 1 aliphatic rings. The Kier molecular flexibility index (Phi) is 3.60. The van der Waals surface area contributed by atoms with Gasteiger partial charge in [0.05, 0.1) is 0 Å². The number of carbonyl (C=O) groups is 1. The fourth-order valence-corrected chi connectivity index (χ4v) is 2.36. The third kappa shape index (κ3) is 2.89. The van der Waals surface area contributed by atoms with Crippen LogP contribution in [0.2, 0.25) is 0 Å². The summed E-state index contributed by atoms with van der Waals surface area (Å²) in [5.74, 6) is 0.803. The summed E-state index contributed by atoms with van der Waals surface area (Å²) < 4.78 is 0. The molecule has 1 aromatic heterocycles. The molecule has 0 fully saturated rings. The minimum atomic E-state index is -0.297. The van der Waals surface area contributed by atoms with Crippen LogP contribution in [0.5, 0.6) is 0 Å². The second kappa shape index (κ2) is 5.55. The predicted octanol–water partition coefficient (Wildman–Crippen LogP) is 2.54. The summed E-state index contributed by atoms with van der Waals surface area (Å²) in [7, 11) is 0. The van der Waals surface area contributed by atoms with E-state index < -0.39 is 0 Å². The van der Waals surface area contributed by atoms with Crippen molar-refractivity contribution < 1.29 is 4.79 Å². The Bertz CT molecular complexity index is 662. The number of benzene rings is 1. The quantitative estimate of drug-likeness (QED) is 0.809. The number of rotatable bonds is 3. The topological polar surface area (TPSA) is 82.7 Å². The van der Waals surface area contributed by atoms with E-state index in [1.54, 1.807) is 0 Å². The molecule has 0 bridgehead atoms. The van der Waals surface area contributed by atoms with Crippen molar-refractivity contribution >= 4 is 17.3 Å². The van der Waals surface area contributed by atoms with Gasteiger partial charge in [-0.25, -0.2) is 4.98 Å². The number of H-pyrrole nitrogens is 1. The average Bonchev–Trinajstić information content (AvgIpc) is 2.97. The second-order valence-corrected chi connectivity index (χ2v) is 5.56. The maximum absolute atomic E-state index is 12.1. The molecule has 1 aliphatic heterocycles. The van der Waals surface area contributed by atoms with Crippen molar-refractivity contribution in [2.75, 3.05) is 17.2 Å². The zero-order chi connectivity index (χ0) is 14.8. The van der Waals surface area contributed by atoms with E-state index >= 15 is 0 Å². The monoisotopic (exact) mass is 285 g/mol. The van der Waals surface area contributed by atoms with Crippen LogP contribution < -0.4 is 10.6 Å². The second-order valence-electron chi connectivity index (χ2n) is 5.56. The Hall–Kier alpha value is -2.37. The first-order valence-corrected chi connectivity index (χ1v) is 7.24. The number of nitrogens with zero attached hydrogens (tertiary/aromatic N) is 2. The van der Waals surface area contributed by atoms with Crippen molar-refractivity contribution in [1.82, 2.24) is 15.2 Å². The number of fused-ring (bicyclic) bond motifs is 1. The number of carbonyl (C=O) groups excluding carboxylic acids is 1. The van der Waals surface area contributed by atoms with Crippen molar-refractivity contribution in [3.05, 3.63) is 35.4 Å². The lowest BCUT2D eigenvalue weighted by Crippen LogP contribution is -2.16. The van der Waals surface area contributed by atoms with Crippen LogP contribution in [-0.4, -0.2) is 27.6 Å². The van der Waals surface area contributed by atoms with E-state index in [2.05, 4.69) is 31.9 Å². The van der Waals surface area contributed by atoms with E-state index in [-0.39, 0.29) is 17.6 Å². The fraction of sp³-hybridized carbons (Fsp3) is 0.400. The highest BCUT2D eigenvalue weighted by atomic mass is 16.2. The molecule has 110 valence electrons. The van der Waals surface area contributed by atoms with Crippen LogP contribution >= 0.6 is 0 Å². The SMILES string of the molecule is CC(C)c1nc(C(=O)Nc2ccc3c(c2)NCCC3)n[nH]1. The molecule has 3 rings (SSSR count). The maximum Gasteiger partial charge on any atom is 0.295 e. The maximum atomic E-state index is 12.1. The van der Waals surface area contributed by atoms with E-state index in [1.807, 2.05) is 26.0 Å². The zero-order valence-electron chi connectivity index (χ0n) is 12.2. The number of nitrogens with one attached hydrogen (secondary N) is 3. The lowest BCUT2D eigenvalue weighted by molar-refractivity contribution is 0.101. The molecule has 6 nitrogen and oxygen atoms in total. The minimum absolute atomic E-state index is 0.171. The van der Waals surface area contributed by atoms with Crippen molar-refractivity contribution in [1.29, 1.82) is 0 Å². The molecule has 0 saturated carbocycles. The Morgan fingerprint density at radius 1 is 1.38 bits per heavy atom. The molecule has 0 unspecified atom stereocenters. The van der Waals surface area contributed by atoms with Gasteiger partial charge < -0.3 is 10.6 Å². The average molecular weight is 285 g/mol. The van der Waals surface area contributed by atoms with Gasteiger partial charge in [0.25, 0.3) is 5.91 Å². The molecule has 0 atom stereocenters. The molecule has 1 amide bonds. The molecule has 6 heteroatoms. The van der Waals surface area contributed by atoms with Crippen molar-refractivity contribution in [2.24, 2.45) is 0 Å². The van der Waals surface area contributed by atoms with Gasteiger partial charge in [-0.1, -0.05) is 19.9 Å². The third-order valence-corrected chi connectivity index (χ3v) is 3.56. The van der Waals surface area contributed by atoms with Crippen LogP contribution in [0, 0.1) is 0 Å². The van der Waals surface area contributed by atoms with Crippen LogP contribution in [0.4, 0.5) is 11.4 Å². The number of aromatic nitrogens is 3. The molecule has 3 N–H and O–H groups in total. The highest BCUT2D eigenvalue weighted by Gasteiger charge is 2.15. The van der Waals surface area contributed by atoms with Gasteiger partial charge in [-0.3, -0.25) is 9.89 Å². The summed E-state index contributed by atoms with van der Waals surface area (Å²) in [6.45, 7) is 4.97. The van der Waals surface area contributed by atoms with E-state index in [0.29, 0.717) is 5.82 Å². The fourth-order valence-electron chi connectivity index (χ4n) is 2.36. The Labute approximate surface area is 123 Å². The molecule has 1 aromatic carbocycles. The summed E-state index contributed by atoms with van der Waals surface area (Å²) in [6, 6.07) is 5.93. The predicted molar refractivity (Wildman–Crippen MR) is 81.7 cm³/mol. The molecule has 0 radical (unpaired) electrons. The van der Waals surface area contributed by atoms with Crippen molar-refractivity contribution in [2.45, 2.75) is 32.6 Å². The van der Waals surface area contributed by atoms with Crippen LogP contribution in [-0.2, 0) is 6.42 Å². The van der Waals surface area contributed by atoms with E-state index in [1.165, 1.54) is 5.56 Å². The largest absolute Gasteiger partial charge is 0.385 e. The van der Waals surface area contributed by atoms with Crippen LogP contribution in [0.15, 0.2) is 18.2 Å². The van der Waals surface area contributed by atoms with Gasteiger partial charge in [-0.05, 0) is 30.5 Å². The standard InChI is InChI=1S/C15H19N5O/c1-9(2)13-18-14(20-19-13)15(21)17-11-6-5-10-4-3-7-16-12(10)8-11/h5-6,8-9,16H,3-4,7H2,1-2H3,(H,17,21)(H,18,19,20). The molecule has 0 saturated heterocycles. The Morgan fingerprint density at radius 3 is 3.00 bits per heavy atom. The normalized spacial score (nSPS) is 13.7. The van der Waals surface area contributed by atoms with Gasteiger partial charge in [0, 0.05) is 23.8 Å².